The first-order valence-electron chi connectivity index (χ1n) is 9.55. The topological polar surface area (TPSA) is 79.0 Å². The van der Waals surface area contributed by atoms with E-state index in [9.17, 15) is 13.2 Å². The van der Waals surface area contributed by atoms with Gasteiger partial charge in [-0.1, -0.05) is 13.8 Å². The summed E-state index contributed by atoms with van der Waals surface area (Å²) in [4.78, 5) is 14.1. The number of hydrogen-bond acceptors (Lipinski definition) is 5. The van der Waals surface area contributed by atoms with E-state index in [1.165, 1.54) is 4.31 Å². The van der Waals surface area contributed by atoms with Crippen molar-refractivity contribution in [3.05, 3.63) is 24.3 Å². The molecule has 1 fully saturated rings. The number of carbonyl (C=O) groups is 1. The number of rotatable bonds is 9. The molecule has 0 spiro atoms. The van der Waals surface area contributed by atoms with Crippen LogP contribution in [0, 0.1) is 5.92 Å². The first kappa shape index (κ1) is 21.5. The largest absolute Gasteiger partial charge is 0.497 e. The van der Waals surface area contributed by atoms with Crippen LogP contribution < -0.4 is 15.0 Å². The minimum absolute atomic E-state index is 0.0410. The van der Waals surface area contributed by atoms with Crippen molar-refractivity contribution in [1.29, 1.82) is 0 Å². The number of carbonyl (C=O) groups excluding carboxylic acids is 1. The molecule has 1 heterocycles. The van der Waals surface area contributed by atoms with E-state index < -0.39 is 10.0 Å². The molecule has 1 aromatic carbocycles. The number of amides is 1. The molecule has 7 nitrogen and oxygen atoms in total. The Bertz CT molecular complexity index is 694. The van der Waals surface area contributed by atoms with Crippen LogP contribution >= 0.6 is 0 Å². The van der Waals surface area contributed by atoms with Crippen molar-refractivity contribution in [2.75, 3.05) is 50.5 Å². The normalized spacial score (nSPS) is 15.8. The van der Waals surface area contributed by atoms with E-state index in [0.717, 1.165) is 24.3 Å². The fourth-order valence-corrected chi connectivity index (χ4v) is 4.59. The molecule has 0 atom stereocenters. The molecule has 2 rings (SSSR count). The van der Waals surface area contributed by atoms with Crippen molar-refractivity contribution in [2.24, 2.45) is 5.92 Å². The van der Waals surface area contributed by atoms with Gasteiger partial charge in [0.25, 0.3) is 0 Å². The number of ether oxygens (including phenoxy) is 1. The van der Waals surface area contributed by atoms with E-state index in [1.54, 1.807) is 7.11 Å². The highest BCUT2D eigenvalue weighted by molar-refractivity contribution is 7.89. The van der Waals surface area contributed by atoms with Crippen LogP contribution in [-0.2, 0) is 14.8 Å². The maximum atomic E-state index is 12.5. The standard InChI is InChI=1S/C19H31N3O4S/c1-4-16(5-2)19(23)20-10-15-27(24,25)22-13-11-21(12-14-22)17-6-8-18(26-3)9-7-17/h6-9,16H,4-5,10-15H2,1-3H3,(H,20,23). The van der Waals surface area contributed by atoms with Gasteiger partial charge in [0.15, 0.2) is 0 Å². The first-order chi connectivity index (χ1) is 12.9. The molecular formula is C19H31N3O4S. The summed E-state index contributed by atoms with van der Waals surface area (Å²) >= 11 is 0. The molecule has 0 aliphatic carbocycles. The van der Waals surface area contributed by atoms with Crippen molar-refractivity contribution in [3.63, 3.8) is 0 Å². The highest BCUT2D eigenvalue weighted by atomic mass is 32.2. The molecule has 1 amide bonds. The van der Waals surface area contributed by atoms with Crippen LogP contribution in [0.2, 0.25) is 0 Å². The molecule has 8 heteroatoms. The smallest absolute Gasteiger partial charge is 0.223 e. The maximum absolute atomic E-state index is 12.5. The molecule has 27 heavy (non-hydrogen) atoms. The van der Waals surface area contributed by atoms with Crippen molar-refractivity contribution in [3.8, 4) is 5.75 Å². The summed E-state index contributed by atoms with van der Waals surface area (Å²) in [6, 6.07) is 7.77. The Balaban J connectivity index is 1.82. The molecule has 1 aliphatic heterocycles. The van der Waals surface area contributed by atoms with Crippen molar-refractivity contribution < 1.29 is 17.9 Å². The van der Waals surface area contributed by atoms with Gasteiger partial charge in [-0.15, -0.1) is 0 Å². The summed E-state index contributed by atoms with van der Waals surface area (Å²) in [5.41, 5.74) is 1.06. The summed E-state index contributed by atoms with van der Waals surface area (Å²) in [5.74, 6) is 0.650. The van der Waals surface area contributed by atoms with E-state index in [1.807, 2.05) is 38.1 Å². The zero-order valence-electron chi connectivity index (χ0n) is 16.5. The Morgan fingerprint density at radius 2 is 1.70 bits per heavy atom. The molecule has 1 saturated heterocycles. The van der Waals surface area contributed by atoms with Crippen LogP contribution in [0.15, 0.2) is 24.3 Å². The van der Waals surface area contributed by atoms with Crippen molar-refractivity contribution >= 4 is 21.6 Å². The first-order valence-corrected chi connectivity index (χ1v) is 11.2. The molecule has 0 unspecified atom stereocenters. The Morgan fingerprint density at radius 1 is 1.11 bits per heavy atom. The van der Waals surface area contributed by atoms with Crippen LogP contribution in [-0.4, -0.2) is 64.2 Å². The lowest BCUT2D eigenvalue weighted by Crippen LogP contribution is -2.50. The SMILES string of the molecule is CCC(CC)C(=O)NCCS(=O)(=O)N1CCN(c2ccc(OC)cc2)CC1. The number of benzene rings is 1. The fourth-order valence-electron chi connectivity index (χ4n) is 3.25. The third kappa shape index (κ3) is 5.84. The van der Waals surface area contributed by atoms with Crippen LogP contribution in [0.5, 0.6) is 5.75 Å². The Morgan fingerprint density at radius 3 is 2.22 bits per heavy atom. The Kier molecular flexibility index (Phi) is 7.91. The second kappa shape index (κ2) is 9.94. The minimum atomic E-state index is -3.36. The molecule has 0 radical (unpaired) electrons. The number of nitrogens with zero attached hydrogens (tertiary/aromatic N) is 2. The lowest BCUT2D eigenvalue weighted by atomic mass is 10.0. The maximum Gasteiger partial charge on any atom is 0.223 e. The zero-order valence-corrected chi connectivity index (χ0v) is 17.3. The highest BCUT2D eigenvalue weighted by Crippen LogP contribution is 2.21. The van der Waals surface area contributed by atoms with Gasteiger partial charge in [-0.3, -0.25) is 4.79 Å². The minimum Gasteiger partial charge on any atom is -0.497 e. The molecule has 152 valence electrons. The van der Waals surface area contributed by atoms with Crippen molar-refractivity contribution in [1.82, 2.24) is 9.62 Å². The highest BCUT2D eigenvalue weighted by Gasteiger charge is 2.27. The third-order valence-electron chi connectivity index (χ3n) is 5.09. The molecule has 0 aromatic heterocycles. The molecule has 1 aliphatic rings. The number of sulfonamides is 1. The van der Waals surface area contributed by atoms with Gasteiger partial charge in [0.2, 0.25) is 15.9 Å². The van der Waals surface area contributed by atoms with Gasteiger partial charge in [0.1, 0.15) is 5.75 Å². The van der Waals surface area contributed by atoms with Gasteiger partial charge in [0, 0.05) is 44.3 Å². The number of anilines is 1. The van der Waals surface area contributed by atoms with Crippen LogP contribution in [0.3, 0.4) is 0 Å². The average molecular weight is 398 g/mol. The molecule has 0 bridgehead atoms. The average Bonchev–Trinajstić information content (AvgIpc) is 2.69. The Hall–Kier alpha value is -1.80. The van der Waals surface area contributed by atoms with Gasteiger partial charge in [-0.25, -0.2) is 8.42 Å². The van der Waals surface area contributed by atoms with Crippen molar-refractivity contribution in [2.45, 2.75) is 26.7 Å². The number of piperazine rings is 1. The van der Waals surface area contributed by atoms with E-state index in [-0.39, 0.29) is 24.1 Å². The van der Waals surface area contributed by atoms with Gasteiger partial charge in [-0.2, -0.15) is 4.31 Å². The summed E-state index contributed by atoms with van der Waals surface area (Å²) in [7, 11) is -1.73. The third-order valence-corrected chi connectivity index (χ3v) is 6.96. The van der Waals surface area contributed by atoms with E-state index in [0.29, 0.717) is 26.2 Å². The van der Waals surface area contributed by atoms with Gasteiger partial charge in [0.05, 0.1) is 12.9 Å². The summed E-state index contributed by atoms with van der Waals surface area (Å²) in [6.45, 7) is 6.29. The second-order valence-electron chi connectivity index (χ2n) is 6.70. The van der Waals surface area contributed by atoms with Crippen LogP contribution in [0.25, 0.3) is 0 Å². The number of methoxy groups -OCH3 is 1. The fraction of sp³-hybridized carbons (Fsp3) is 0.632. The molecule has 0 saturated carbocycles. The van der Waals surface area contributed by atoms with Gasteiger partial charge in [-0.05, 0) is 37.1 Å². The second-order valence-corrected chi connectivity index (χ2v) is 8.79. The predicted octanol–water partition coefficient (Wildman–Crippen LogP) is 1.70. The summed E-state index contributed by atoms with van der Waals surface area (Å²) < 4.78 is 31.8. The quantitative estimate of drug-likeness (QED) is 0.686. The van der Waals surface area contributed by atoms with Gasteiger partial charge < -0.3 is 15.0 Å². The zero-order chi connectivity index (χ0) is 19.9. The summed E-state index contributed by atoms with van der Waals surface area (Å²) in [6.07, 6.45) is 1.53. The molecule has 1 N–H and O–H groups in total. The number of hydrogen-bond donors (Lipinski definition) is 1. The lowest BCUT2D eigenvalue weighted by molar-refractivity contribution is -0.125. The summed E-state index contributed by atoms with van der Waals surface area (Å²) in [5, 5.41) is 2.76. The van der Waals surface area contributed by atoms with E-state index >= 15 is 0 Å². The lowest BCUT2D eigenvalue weighted by Gasteiger charge is -2.35. The van der Waals surface area contributed by atoms with E-state index in [2.05, 4.69) is 10.2 Å². The number of nitrogens with one attached hydrogen (secondary N) is 1. The predicted molar refractivity (Wildman–Crippen MR) is 108 cm³/mol. The van der Waals surface area contributed by atoms with Crippen LogP contribution in [0.1, 0.15) is 26.7 Å². The van der Waals surface area contributed by atoms with E-state index in [4.69, 9.17) is 4.74 Å². The molecule has 1 aromatic rings. The Labute approximate surface area is 162 Å². The monoisotopic (exact) mass is 397 g/mol. The van der Waals surface area contributed by atoms with Gasteiger partial charge >= 0.3 is 0 Å². The molecular weight excluding hydrogens is 366 g/mol. The van der Waals surface area contributed by atoms with Crippen LogP contribution in [0.4, 0.5) is 5.69 Å².